The van der Waals surface area contributed by atoms with Crippen LogP contribution in [0.4, 0.5) is 5.69 Å². The van der Waals surface area contributed by atoms with Crippen LogP contribution >= 0.6 is 12.4 Å². The van der Waals surface area contributed by atoms with E-state index in [9.17, 15) is 4.79 Å². The predicted octanol–water partition coefficient (Wildman–Crippen LogP) is 2.69. The predicted molar refractivity (Wildman–Crippen MR) is 98.0 cm³/mol. The first-order chi connectivity index (χ1) is 11.2. The summed E-state index contributed by atoms with van der Waals surface area (Å²) in [6, 6.07) is 13.4. The Kier molecular flexibility index (Phi) is 8.83. The van der Waals surface area contributed by atoms with Gasteiger partial charge >= 0.3 is 0 Å². The van der Waals surface area contributed by atoms with Crippen molar-refractivity contribution < 1.29 is 9.53 Å². The number of methoxy groups -OCH3 is 1. The number of hydrogen-bond acceptors (Lipinski definition) is 4. The second kappa shape index (κ2) is 10.6. The zero-order chi connectivity index (χ0) is 16.5. The van der Waals surface area contributed by atoms with Gasteiger partial charge in [0.15, 0.2) is 0 Å². The number of carbonyl (C=O) groups excluding carboxylic acids is 1. The lowest BCUT2D eigenvalue weighted by Gasteiger charge is -2.22. The lowest BCUT2D eigenvalue weighted by Crippen LogP contribution is -2.33. The molecule has 0 unspecified atom stereocenters. The van der Waals surface area contributed by atoms with Crippen LogP contribution < -0.4 is 5.73 Å². The van der Waals surface area contributed by atoms with E-state index in [2.05, 4.69) is 4.98 Å². The number of pyridine rings is 1. The number of nitrogens with zero attached hydrogens (tertiary/aromatic N) is 2. The zero-order valence-electron chi connectivity index (χ0n) is 13.9. The zero-order valence-corrected chi connectivity index (χ0v) is 14.7. The van der Waals surface area contributed by atoms with E-state index in [0.29, 0.717) is 32.5 Å². The summed E-state index contributed by atoms with van der Waals surface area (Å²) in [6.07, 6.45) is 2.79. The molecule has 0 saturated carbocycles. The van der Waals surface area contributed by atoms with Gasteiger partial charge in [0.25, 0.3) is 0 Å². The van der Waals surface area contributed by atoms with Gasteiger partial charge in [0.05, 0.1) is 18.8 Å². The fraction of sp³-hybridized carbons (Fsp3) is 0.333. The molecule has 0 bridgehead atoms. The quantitative estimate of drug-likeness (QED) is 0.744. The highest BCUT2D eigenvalue weighted by Gasteiger charge is 2.14. The second-order valence-electron chi connectivity index (χ2n) is 5.33. The average Bonchev–Trinajstić information content (AvgIpc) is 2.58. The summed E-state index contributed by atoms with van der Waals surface area (Å²) in [6.45, 7) is 1.55. The number of benzene rings is 1. The third-order valence-corrected chi connectivity index (χ3v) is 3.66. The van der Waals surface area contributed by atoms with E-state index >= 15 is 0 Å². The Hall–Kier alpha value is -2.11. The Morgan fingerprint density at radius 2 is 1.96 bits per heavy atom. The molecule has 1 aromatic carbocycles. The van der Waals surface area contributed by atoms with Gasteiger partial charge in [-0.3, -0.25) is 9.78 Å². The number of anilines is 1. The van der Waals surface area contributed by atoms with Crippen molar-refractivity contribution in [3.63, 3.8) is 0 Å². The molecule has 0 aliphatic rings. The molecule has 6 heteroatoms. The molecule has 0 radical (unpaired) electrons. The minimum Gasteiger partial charge on any atom is -0.399 e. The molecule has 1 amide bonds. The largest absolute Gasteiger partial charge is 0.399 e. The third kappa shape index (κ3) is 6.18. The number of ether oxygens (including phenoxy) is 1. The van der Waals surface area contributed by atoms with Gasteiger partial charge in [0.2, 0.25) is 5.91 Å². The Morgan fingerprint density at radius 3 is 2.62 bits per heavy atom. The van der Waals surface area contributed by atoms with Crippen LogP contribution in [-0.2, 0) is 22.5 Å². The molecule has 0 spiro atoms. The molecule has 2 N–H and O–H groups in total. The van der Waals surface area contributed by atoms with E-state index in [-0.39, 0.29) is 18.3 Å². The van der Waals surface area contributed by atoms with E-state index in [4.69, 9.17) is 10.5 Å². The third-order valence-electron chi connectivity index (χ3n) is 3.66. The molecule has 0 aliphatic heterocycles. The molecule has 24 heavy (non-hydrogen) atoms. The lowest BCUT2D eigenvalue weighted by molar-refractivity contribution is -0.132. The SMILES string of the molecule is COCCN(Cc1ccccn1)C(=O)CCc1ccccc1N.Cl. The summed E-state index contributed by atoms with van der Waals surface area (Å²) >= 11 is 0. The Labute approximate surface area is 149 Å². The lowest BCUT2D eigenvalue weighted by atomic mass is 10.1. The molecule has 130 valence electrons. The summed E-state index contributed by atoms with van der Waals surface area (Å²) in [5, 5.41) is 0. The standard InChI is InChI=1S/C18H23N3O2.ClH/c1-23-13-12-21(14-16-7-4-5-11-20-16)18(22)10-9-15-6-2-3-8-17(15)19;/h2-8,11H,9-10,12-14,19H2,1H3;1H. The number of nitrogens with two attached hydrogens (primary N) is 1. The van der Waals surface area contributed by atoms with Gasteiger partial charge in [0.1, 0.15) is 0 Å². The molecular weight excluding hydrogens is 326 g/mol. The number of para-hydroxylation sites is 1. The van der Waals surface area contributed by atoms with Gasteiger partial charge in [-0.2, -0.15) is 0 Å². The minimum atomic E-state index is 0. The summed E-state index contributed by atoms with van der Waals surface area (Å²) in [7, 11) is 1.63. The first-order valence-corrected chi connectivity index (χ1v) is 7.70. The number of halogens is 1. The van der Waals surface area contributed by atoms with Crippen molar-refractivity contribution in [2.45, 2.75) is 19.4 Å². The fourth-order valence-corrected chi connectivity index (χ4v) is 2.34. The van der Waals surface area contributed by atoms with Crippen LogP contribution in [-0.4, -0.2) is 36.1 Å². The van der Waals surface area contributed by atoms with Crippen molar-refractivity contribution in [3.05, 3.63) is 59.9 Å². The van der Waals surface area contributed by atoms with Crippen LogP contribution in [0.2, 0.25) is 0 Å². The summed E-state index contributed by atoms with van der Waals surface area (Å²) in [5.41, 5.74) is 8.54. The van der Waals surface area contributed by atoms with Gasteiger partial charge in [0, 0.05) is 32.0 Å². The van der Waals surface area contributed by atoms with Crippen LogP contribution in [0, 0.1) is 0 Å². The van der Waals surface area contributed by atoms with Gasteiger partial charge in [-0.25, -0.2) is 0 Å². The number of amides is 1. The van der Waals surface area contributed by atoms with Crippen LogP contribution in [0.3, 0.4) is 0 Å². The van der Waals surface area contributed by atoms with Crippen LogP contribution in [0.1, 0.15) is 17.7 Å². The fourth-order valence-electron chi connectivity index (χ4n) is 2.34. The van der Waals surface area contributed by atoms with Crippen molar-refractivity contribution in [1.82, 2.24) is 9.88 Å². The van der Waals surface area contributed by atoms with Crippen molar-refractivity contribution in [2.24, 2.45) is 0 Å². The Balaban J connectivity index is 0.00000288. The van der Waals surface area contributed by atoms with E-state index < -0.39 is 0 Å². The van der Waals surface area contributed by atoms with Gasteiger partial charge in [-0.15, -0.1) is 12.4 Å². The highest BCUT2D eigenvalue weighted by atomic mass is 35.5. The number of aromatic nitrogens is 1. The molecule has 5 nitrogen and oxygen atoms in total. The average molecular weight is 350 g/mol. The number of hydrogen-bond donors (Lipinski definition) is 1. The van der Waals surface area contributed by atoms with E-state index in [1.165, 1.54) is 0 Å². The maximum Gasteiger partial charge on any atom is 0.223 e. The summed E-state index contributed by atoms with van der Waals surface area (Å²) in [4.78, 5) is 18.6. The monoisotopic (exact) mass is 349 g/mol. The molecule has 0 atom stereocenters. The van der Waals surface area contributed by atoms with E-state index in [1.54, 1.807) is 18.2 Å². The smallest absolute Gasteiger partial charge is 0.223 e. The highest BCUT2D eigenvalue weighted by molar-refractivity contribution is 5.85. The molecule has 0 saturated heterocycles. The van der Waals surface area contributed by atoms with Crippen molar-refractivity contribution in [3.8, 4) is 0 Å². The highest BCUT2D eigenvalue weighted by Crippen LogP contribution is 2.14. The number of rotatable bonds is 8. The molecule has 0 aliphatic carbocycles. The normalized spacial score (nSPS) is 10.0. The Morgan fingerprint density at radius 1 is 1.21 bits per heavy atom. The second-order valence-corrected chi connectivity index (χ2v) is 5.33. The van der Waals surface area contributed by atoms with Crippen LogP contribution in [0.25, 0.3) is 0 Å². The maximum absolute atomic E-state index is 12.5. The van der Waals surface area contributed by atoms with Gasteiger partial charge in [-0.1, -0.05) is 24.3 Å². The maximum atomic E-state index is 12.5. The molecule has 2 aromatic rings. The molecule has 1 heterocycles. The van der Waals surface area contributed by atoms with E-state index in [0.717, 1.165) is 16.9 Å². The van der Waals surface area contributed by atoms with Crippen LogP contribution in [0.15, 0.2) is 48.7 Å². The van der Waals surface area contributed by atoms with E-state index in [1.807, 2.05) is 42.5 Å². The van der Waals surface area contributed by atoms with Crippen molar-refractivity contribution in [1.29, 1.82) is 0 Å². The summed E-state index contributed by atoms with van der Waals surface area (Å²) in [5.74, 6) is 0.0796. The molecular formula is C18H24ClN3O2. The number of aryl methyl sites for hydroxylation is 1. The molecule has 2 rings (SSSR count). The first kappa shape index (κ1) is 19.9. The Bertz CT molecular complexity index is 623. The van der Waals surface area contributed by atoms with Gasteiger partial charge < -0.3 is 15.4 Å². The van der Waals surface area contributed by atoms with Gasteiger partial charge in [-0.05, 0) is 30.2 Å². The van der Waals surface area contributed by atoms with Crippen molar-refractivity contribution in [2.75, 3.05) is 26.0 Å². The number of carbonyl (C=O) groups is 1. The summed E-state index contributed by atoms with van der Waals surface area (Å²) < 4.78 is 5.11. The minimum absolute atomic E-state index is 0. The van der Waals surface area contributed by atoms with Crippen LogP contribution in [0.5, 0.6) is 0 Å². The van der Waals surface area contributed by atoms with Crippen molar-refractivity contribution >= 4 is 24.0 Å². The number of nitrogen functional groups attached to an aromatic ring is 1. The molecule has 0 fully saturated rings. The topological polar surface area (TPSA) is 68.5 Å². The molecule has 1 aromatic heterocycles. The first-order valence-electron chi connectivity index (χ1n) is 7.70.